The van der Waals surface area contributed by atoms with Gasteiger partial charge in [0.25, 0.3) is 0 Å². The molecule has 0 unspecified atom stereocenters. The van der Waals surface area contributed by atoms with Gasteiger partial charge in [0, 0.05) is 15.3 Å². The minimum Gasteiger partial charge on any atom is -0.476 e. The summed E-state index contributed by atoms with van der Waals surface area (Å²) in [5, 5.41) is 12.8. The molecule has 0 amide bonds. The van der Waals surface area contributed by atoms with E-state index in [1.165, 1.54) is 10.9 Å². The predicted molar refractivity (Wildman–Crippen MR) is 74.2 cm³/mol. The van der Waals surface area contributed by atoms with Crippen molar-refractivity contribution in [3.63, 3.8) is 0 Å². The number of hydrogen-bond acceptors (Lipinski definition) is 3. The first-order valence-electron chi connectivity index (χ1n) is 5.09. The number of aryl methyl sites for hydroxylation is 1. The van der Waals surface area contributed by atoms with Crippen LogP contribution in [0.15, 0.2) is 35.3 Å². The Balaban J connectivity index is 2.71. The van der Waals surface area contributed by atoms with Crippen molar-refractivity contribution in [1.29, 1.82) is 0 Å². The number of hydrogen-bond donors (Lipinski definition) is 1. The van der Waals surface area contributed by atoms with Crippen LogP contribution >= 0.6 is 22.6 Å². The Labute approximate surface area is 116 Å². The van der Waals surface area contributed by atoms with Crippen molar-refractivity contribution in [3.8, 4) is 5.69 Å². The lowest BCUT2D eigenvalue weighted by atomic mass is 10.2. The number of rotatable bonds is 2. The lowest BCUT2D eigenvalue weighted by molar-refractivity contribution is 0.0686. The fourth-order valence-electron chi connectivity index (χ4n) is 1.51. The van der Waals surface area contributed by atoms with Crippen LogP contribution in [0.1, 0.15) is 16.1 Å². The summed E-state index contributed by atoms with van der Waals surface area (Å²) in [6.07, 6.45) is 1.53. The molecule has 0 bridgehead atoms. The van der Waals surface area contributed by atoms with E-state index in [-0.39, 0.29) is 0 Å². The van der Waals surface area contributed by atoms with Gasteiger partial charge in [-0.15, -0.1) is 0 Å². The molecule has 0 saturated heterocycles. The molecule has 2 aromatic rings. The van der Waals surface area contributed by atoms with Gasteiger partial charge in [-0.3, -0.25) is 4.79 Å². The van der Waals surface area contributed by atoms with Crippen molar-refractivity contribution in [1.82, 2.24) is 9.78 Å². The third-order valence-electron chi connectivity index (χ3n) is 2.40. The van der Waals surface area contributed by atoms with E-state index in [9.17, 15) is 9.59 Å². The van der Waals surface area contributed by atoms with Crippen LogP contribution < -0.4 is 5.43 Å². The van der Waals surface area contributed by atoms with Gasteiger partial charge in [0.2, 0.25) is 11.1 Å². The topological polar surface area (TPSA) is 72.2 Å². The van der Waals surface area contributed by atoms with Crippen molar-refractivity contribution in [3.05, 3.63) is 55.5 Å². The fourth-order valence-corrected chi connectivity index (χ4v) is 2.15. The first-order valence-corrected chi connectivity index (χ1v) is 6.17. The molecule has 0 radical (unpaired) electrons. The number of carbonyl (C=O) groups is 1. The molecule has 0 fully saturated rings. The van der Waals surface area contributed by atoms with E-state index in [1.807, 2.05) is 24.3 Å². The molecule has 2 rings (SSSR count). The maximum absolute atomic E-state index is 11.6. The molecule has 0 spiro atoms. The Morgan fingerprint density at radius 2 is 2.06 bits per heavy atom. The largest absolute Gasteiger partial charge is 0.476 e. The molecule has 5 nitrogen and oxygen atoms in total. The van der Waals surface area contributed by atoms with Crippen molar-refractivity contribution in [2.24, 2.45) is 0 Å². The van der Waals surface area contributed by atoms with Crippen LogP contribution in [0.2, 0.25) is 0 Å². The first kappa shape index (κ1) is 12.7. The van der Waals surface area contributed by atoms with Crippen LogP contribution in [0.25, 0.3) is 5.69 Å². The fraction of sp³-hybridized carbons (Fsp3) is 0.0833. The molecule has 1 N–H and O–H groups in total. The average molecular weight is 356 g/mol. The Hall–Kier alpha value is -1.70. The van der Waals surface area contributed by atoms with Crippen molar-refractivity contribution in [2.45, 2.75) is 6.92 Å². The molecule has 1 heterocycles. The van der Waals surface area contributed by atoms with E-state index in [0.717, 1.165) is 9.26 Å². The highest BCUT2D eigenvalue weighted by atomic mass is 127. The Bertz CT molecular complexity index is 679. The molecular weight excluding hydrogens is 347 g/mol. The molecule has 0 aliphatic heterocycles. The molecule has 1 aromatic carbocycles. The number of carboxylic acid groups (broad SMARTS) is 1. The van der Waals surface area contributed by atoms with Gasteiger partial charge in [-0.05, 0) is 41.6 Å². The maximum atomic E-state index is 11.6. The smallest absolute Gasteiger partial charge is 0.360 e. The van der Waals surface area contributed by atoms with E-state index < -0.39 is 17.1 Å². The van der Waals surface area contributed by atoms with Gasteiger partial charge in [-0.25, -0.2) is 9.48 Å². The predicted octanol–water partition coefficient (Wildman–Crippen LogP) is 1.84. The SMILES string of the molecule is Cc1cn(-c2ccccc2I)nc(C(=O)O)c1=O. The van der Waals surface area contributed by atoms with Gasteiger partial charge >= 0.3 is 5.97 Å². The van der Waals surface area contributed by atoms with E-state index in [2.05, 4.69) is 27.7 Å². The zero-order valence-corrected chi connectivity index (χ0v) is 11.6. The Morgan fingerprint density at radius 1 is 1.39 bits per heavy atom. The summed E-state index contributed by atoms with van der Waals surface area (Å²) in [5.41, 5.74) is 0.0742. The van der Waals surface area contributed by atoms with Crippen LogP contribution in [0.4, 0.5) is 0 Å². The monoisotopic (exact) mass is 356 g/mol. The van der Waals surface area contributed by atoms with Gasteiger partial charge < -0.3 is 5.11 Å². The number of nitrogens with zero attached hydrogens (tertiary/aromatic N) is 2. The summed E-state index contributed by atoms with van der Waals surface area (Å²) >= 11 is 2.13. The van der Waals surface area contributed by atoms with Crippen LogP contribution in [-0.2, 0) is 0 Å². The molecule has 1 aromatic heterocycles. The zero-order chi connectivity index (χ0) is 13.3. The van der Waals surface area contributed by atoms with Gasteiger partial charge in [0.05, 0.1) is 5.69 Å². The van der Waals surface area contributed by atoms with Crippen molar-refractivity contribution in [2.75, 3.05) is 0 Å². The average Bonchev–Trinajstić information content (AvgIpc) is 2.33. The molecule has 18 heavy (non-hydrogen) atoms. The van der Waals surface area contributed by atoms with E-state index in [1.54, 1.807) is 6.92 Å². The number of aromatic carboxylic acids is 1. The molecular formula is C12H9IN2O3. The quantitative estimate of drug-likeness (QED) is 0.834. The van der Waals surface area contributed by atoms with E-state index in [0.29, 0.717) is 5.56 Å². The van der Waals surface area contributed by atoms with Gasteiger partial charge in [0.1, 0.15) is 0 Å². The second-order valence-electron chi connectivity index (χ2n) is 3.69. The third-order valence-corrected chi connectivity index (χ3v) is 3.31. The van der Waals surface area contributed by atoms with Gasteiger partial charge in [-0.1, -0.05) is 12.1 Å². The Kier molecular flexibility index (Phi) is 3.46. The summed E-state index contributed by atoms with van der Waals surface area (Å²) in [5.74, 6) is -1.32. The summed E-state index contributed by atoms with van der Waals surface area (Å²) in [6, 6.07) is 7.39. The number of carboxylic acids is 1. The zero-order valence-electron chi connectivity index (χ0n) is 9.42. The molecule has 0 aliphatic rings. The molecule has 6 heteroatoms. The lowest BCUT2D eigenvalue weighted by Gasteiger charge is -2.09. The normalized spacial score (nSPS) is 10.3. The minimum atomic E-state index is -1.32. The first-order chi connectivity index (χ1) is 8.50. The molecule has 0 saturated carbocycles. The van der Waals surface area contributed by atoms with Gasteiger partial charge in [-0.2, -0.15) is 5.10 Å². The summed E-state index contributed by atoms with van der Waals surface area (Å²) in [7, 11) is 0. The Morgan fingerprint density at radius 3 is 2.67 bits per heavy atom. The number of halogens is 1. The molecule has 0 aliphatic carbocycles. The highest BCUT2D eigenvalue weighted by Crippen LogP contribution is 2.15. The molecule has 92 valence electrons. The van der Waals surface area contributed by atoms with Gasteiger partial charge in [0.15, 0.2) is 0 Å². The molecule has 0 atom stereocenters. The second kappa shape index (κ2) is 4.89. The van der Waals surface area contributed by atoms with Crippen LogP contribution in [0.5, 0.6) is 0 Å². The summed E-state index contributed by atoms with van der Waals surface area (Å²) in [4.78, 5) is 22.6. The third kappa shape index (κ3) is 2.28. The minimum absolute atomic E-state index is 0.349. The van der Waals surface area contributed by atoms with Crippen molar-refractivity contribution < 1.29 is 9.90 Å². The van der Waals surface area contributed by atoms with Crippen LogP contribution in [0.3, 0.4) is 0 Å². The number of benzene rings is 1. The highest BCUT2D eigenvalue weighted by Gasteiger charge is 2.14. The van der Waals surface area contributed by atoms with E-state index >= 15 is 0 Å². The lowest BCUT2D eigenvalue weighted by Crippen LogP contribution is -2.23. The summed E-state index contributed by atoms with van der Waals surface area (Å²) in [6.45, 7) is 1.57. The maximum Gasteiger partial charge on any atom is 0.360 e. The number of para-hydroxylation sites is 1. The number of aromatic nitrogens is 2. The highest BCUT2D eigenvalue weighted by molar-refractivity contribution is 14.1. The standard InChI is InChI=1S/C12H9IN2O3/c1-7-6-15(9-5-3-2-4-8(9)13)14-10(11(7)16)12(17)18/h2-6H,1H3,(H,17,18). The van der Waals surface area contributed by atoms with Crippen molar-refractivity contribution >= 4 is 28.6 Å². The van der Waals surface area contributed by atoms with Crippen LogP contribution in [-0.4, -0.2) is 20.9 Å². The second-order valence-corrected chi connectivity index (χ2v) is 4.85. The van der Waals surface area contributed by atoms with E-state index in [4.69, 9.17) is 5.11 Å². The van der Waals surface area contributed by atoms with Crippen LogP contribution in [0, 0.1) is 10.5 Å². The summed E-state index contributed by atoms with van der Waals surface area (Å²) < 4.78 is 2.34.